The molecule has 15 heavy (non-hydrogen) atoms. The Labute approximate surface area is 87.9 Å². The predicted molar refractivity (Wildman–Crippen MR) is 55.6 cm³/mol. The second kappa shape index (κ2) is 4.33. The molecule has 2 unspecified atom stereocenters. The Hall–Kier alpha value is -1.52. The number of carboxylic acid groups (broad SMARTS) is 1. The minimum atomic E-state index is -0.673. The number of aromatic nitrogens is 2. The normalized spacial score (nSPS) is 26.1. The number of carbonyl (C=O) groups is 1. The lowest BCUT2D eigenvalue weighted by atomic mass is 9.86. The van der Waals surface area contributed by atoms with Crippen molar-refractivity contribution in [3.63, 3.8) is 0 Å². The van der Waals surface area contributed by atoms with Gasteiger partial charge in [0, 0.05) is 12.2 Å². The summed E-state index contributed by atoms with van der Waals surface area (Å²) in [6, 6.07) is 0.262. The Morgan fingerprint density at radius 2 is 2.47 bits per heavy atom. The Kier molecular flexibility index (Phi) is 2.89. The smallest absolute Gasteiger partial charge is 0.306 e. The van der Waals surface area contributed by atoms with Crippen LogP contribution in [-0.4, -0.2) is 27.3 Å². The van der Waals surface area contributed by atoms with Crippen LogP contribution in [0.3, 0.4) is 0 Å². The summed E-state index contributed by atoms with van der Waals surface area (Å²) in [4.78, 5) is 10.9. The molecule has 1 aromatic rings. The third kappa shape index (κ3) is 2.49. The fraction of sp³-hybridized carbons (Fsp3) is 0.600. The maximum Gasteiger partial charge on any atom is 0.306 e. The van der Waals surface area contributed by atoms with Gasteiger partial charge in [-0.15, -0.1) is 0 Å². The molecule has 82 valence electrons. The second-order valence-electron chi connectivity index (χ2n) is 4.03. The van der Waals surface area contributed by atoms with E-state index in [1.54, 1.807) is 12.4 Å². The van der Waals surface area contributed by atoms with Crippen LogP contribution in [0.2, 0.25) is 0 Å². The molecule has 1 heterocycles. The maximum atomic E-state index is 10.9. The number of aromatic amines is 1. The van der Waals surface area contributed by atoms with E-state index >= 15 is 0 Å². The number of nitrogens with one attached hydrogen (secondary N) is 2. The zero-order chi connectivity index (χ0) is 10.7. The van der Waals surface area contributed by atoms with E-state index in [9.17, 15) is 4.79 Å². The quantitative estimate of drug-likeness (QED) is 0.704. The molecule has 1 aliphatic rings. The molecule has 2 rings (SSSR count). The molecule has 1 saturated carbocycles. The molecule has 2 atom stereocenters. The van der Waals surface area contributed by atoms with Crippen molar-refractivity contribution in [3.8, 4) is 0 Å². The zero-order valence-electron chi connectivity index (χ0n) is 8.44. The first-order chi connectivity index (χ1) is 7.25. The first-order valence-corrected chi connectivity index (χ1v) is 5.24. The van der Waals surface area contributed by atoms with Crippen molar-refractivity contribution in [2.45, 2.75) is 31.7 Å². The summed E-state index contributed by atoms with van der Waals surface area (Å²) in [5.74, 6) is -0.864. The molecule has 1 fully saturated rings. The summed E-state index contributed by atoms with van der Waals surface area (Å²) in [7, 11) is 0. The molecule has 3 N–H and O–H groups in total. The topological polar surface area (TPSA) is 78.0 Å². The molecule has 0 amide bonds. The fourth-order valence-corrected chi connectivity index (χ4v) is 2.11. The van der Waals surface area contributed by atoms with Crippen LogP contribution in [0.25, 0.3) is 0 Å². The number of nitrogens with zero attached hydrogens (tertiary/aromatic N) is 1. The molecule has 1 aliphatic carbocycles. The van der Waals surface area contributed by atoms with Crippen molar-refractivity contribution in [3.05, 3.63) is 12.4 Å². The monoisotopic (exact) mass is 209 g/mol. The molecule has 0 aromatic carbocycles. The van der Waals surface area contributed by atoms with Gasteiger partial charge < -0.3 is 10.4 Å². The van der Waals surface area contributed by atoms with E-state index in [1.807, 2.05) is 0 Å². The van der Waals surface area contributed by atoms with Gasteiger partial charge in [-0.05, 0) is 19.3 Å². The summed E-state index contributed by atoms with van der Waals surface area (Å²) >= 11 is 0. The third-order valence-corrected chi connectivity index (χ3v) is 2.89. The number of H-pyrrole nitrogens is 1. The molecule has 5 heteroatoms. The van der Waals surface area contributed by atoms with Crippen LogP contribution in [-0.2, 0) is 4.79 Å². The van der Waals surface area contributed by atoms with E-state index in [0.717, 1.165) is 24.9 Å². The molecule has 0 spiro atoms. The van der Waals surface area contributed by atoms with Gasteiger partial charge in [-0.2, -0.15) is 5.10 Å². The molecular formula is C10H15N3O2. The van der Waals surface area contributed by atoms with Crippen molar-refractivity contribution in [1.29, 1.82) is 0 Å². The third-order valence-electron chi connectivity index (χ3n) is 2.89. The van der Waals surface area contributed by atoms with E-state index in [2.05, 4.69) is 15.5 Å². The molecule has 0 radical (unpaired) electrons. The van der Waals surface area contributed by atoms with Gasteiger partial charge in [0.2, 0.25) is 0 Å². The van der Waals surface area contributed by atoms with E-state index in [1.165, 1.54) is 0 Å². The van der Waals surface area contributed by atoms with E-state index in [0.29, 0.717) is 6.42 Å². The highest BCUT2D eigenvalue weighted by Crippen LogP contribution is 2.26. The Morgan fingerprint density at radius 3 is 3.13 bits per heavy atom. The lowest BCUT2D eigenvalue weighted by Gasteiger charge is -2.27. The van der Waals surface area contributed by atoms with Crippen LogP contribution in [0.5, 0.6) is 0 Å². The molecular weight excluding hydrogens is 194 g/mol. The summed E-state index contributed by atoms with van der Waals surface area (Å²) < 4.78 is 0. The van der Waals surface area contributed by atoms with E-state index in [4.69, 9.17) is 5.11 Å². The minimum absolute atomic E-state index is 0.192. The average molecular weight is 209 g/mol. The zero-order valence-corrected chi connectivity index (χ0v) is 8.44. The number of aliphatic carboxylic acids is 1. The summed E-state index contributed by atoms with van der Waals surface area (Å²) in [5.41, 5.74) is 0.936. The number of anilines is 1. The summed E-state index contributed by atoms with van der Waals surface area (Å²) in [5, 5.41) is 18.8. The van der Waals surface area contributed by atoms with Crippen LogP contribution >= 0.6 is 0 Å². The number of hydrogen-bond acceptors (Lipinski definition) is 3. The highest BCUT2D eigenvalue weighted by Gasteiger charge is 2.26. The highest BCUT2D eigenvalue weighted by molar-refractivity contribution is 5.70. The summed E-state index contributed by atoms with van der Waals surface area (Å²) in [6.07, 6.45) is 7.02. The van der Waals surface area contributed by atoms with Gasteiger partial charge in [0.25, 0.3) is 0 Å². The van der Waals surface area contributed by atoms with Gasteiger partial charge >= 0.3 is 5.97 Å². The SMILES string of the molecule is O=C(O)C1CCCC(Nc2cn[nH]c2)C1. The van der Waals surface area contributed by atoms with Crippen molar-refractivity contribution < 1.29 is 9.90 Å². The van der Waals surface area contributed by atoms with Gasteiger partial charge in [-0.1, -0.05) is 6.42 Å². The molecule has 0 bridgehead atoms. The lowest BCUT2D eigenvalue weighted by molar-refractivity contribution is -0.142. The van der Waals surface area contributed by atoms with Crippen LogP contribution in [0, 0.1) is 5.92 Å². The first-order valence-electron chi connectivity index (χ1n) is 5.24. The molecule has 0 saturated heterocycles. The van der Waals surface area contributed by atoms with E-state index in [-0.39, 0.29) is 12.0 Å². The van der Waals surface area contributed by atoms with Crippen LogP contribution < -0.4 is 5.32 Å². The second-order valence-corrected chi connectivity index (χ2v) is 4.03. The number of hydrogen-bond donors (Lipinski definition) is 3. The molecule has 1 aromatic heterocycles. The molecule has 5 nitrogen and oxygen atoms in total. The summed E-state index contributed by atoms with van der Waals surface area (Å²) in [6.45, 7) is 0. The largest absolute Gasteiger partial charge is 0.481 e. The highest BCUT2D eigenvalue weighted by atomic mass is 16.4. The van der Waals surface area contributed by atoms with Crippen molar-refractivity contribution in [1.82, 2.24) is 10.2 Å². The number of carboxylic acids is 1. The standard InChI is InChI=1S/C10H15N3O2/c14-10(15)7-2-1-3-8(4-7)13-9-5-11-12-6-9/h5-8,13H,1-4H2,(H,11,12)(H,14,15). The van der Waals surface area contributed by atoms with Gasteiger partial charge in [-0.25, -0.2) is 0 Å². The maximum absolute atomic E-state index is 10.9. The van der Waals surface area contributed by atoms with Gasteiger partial charge in [-0.3, -0.25) is 9.89 Å². The first kappa shape index (κ1) is 10.0. The van der Waals surface area contributed by atoms with Gasteiger partial charge in [0.1, 0.15) is 0 Å². The van der Waals surface area contributed by atoms with Crippen molar-refractivity contribution in [2.24, 2.45) is 5.92 Å². The fourth-order valence-electron chi connectivity index (χ4n) is 2.11. The lowest BCUT2D eigenvalue weighted by Crippen LogP contribution is -2.30. The van der Waals surface area contributed by atoms with Gasteiger partial charge in [0.15, 0.2) is 0 Å². The Balaban J connectivity index is 1.90. The van der Waals surface area contributed by atoms with E-state index < -0.39 is 5.97 Å². The van der Waals surface area contributed by atoms with Crippen LogP contribution in [0.1, 0.15) is 25.7 Å². The van der Waals surface area contributed by atoms with Crippen molar-refractivity contribution >= 4 is 11.7 Å². The molecule has 0 aliphatic heterocycles. The predicted octanol–water partition coefficient (Wildman–Crippen LogP) is 1.46. The average Bonchev–Trinajstić information content (AvgIpc) is 2.71. The number of rotatable bonds is 3. The van der Waals surface area contributed by atoms with Crippen LogP contribution in [0.4, 0.5) is 5.69 Å². The Morgan fingerprint density at radius 1 is 1.60 bits per heavy atom. The van der Waals surface area contributed by atoms with Gasteiger partial charge in [0.05, 0.1) is 17.8 Å². The van der Waals surface area contributed by atoms with Crippen molar-refractivity contribution in [2.75, 3.05) is 5.32 Å². The minimum Gasteiger partial charge on any atom is -0.481 e. The van der Waals surface area contributed by atoms with Crippen LogP contribution in [0.15, 0.2) is 12.4 Å². The Bertz CT molecular complexity index is 323.